The highest BCUT2D eigenvalue weighted by Crippen LogP contribution is 2.24. The molecule has 0 aliphatic carbocycles. The van der Waals surface area contributed by atoms with Crippen molar-refractivity contribution in [3.8, 4) is 0 Å². The fourth-order valence-corrected chi connectivity index (χ4v) is 1.74. The summed E-state index contributed by atoms with van der Waals surface area (Å²) in [5, 5.41) is 11.6. The second-order valence-electron chi connectivity index (χ2n) is 4.54. The highest BCUT2D eigenvalue weighted by Gasteiger charge is 2.11. The largest absolute Gasteiger partial charge is 0.324 e. The predicted octanol–water partition coefficient (Wildman–Crippen LogP) is 3.97. The van der Waals surface area contributed by atoms with Crippen molar-refractivity contribution in [1.29, 1.82) is 0 Å². The maximum Gasteiger partial charge on any atom is 0.324 e. The van der Waals surface area contributed by atoms with Gasteiger partial charge in [0.05, 0.1) is 10.7 Å². The molecule has 0 fully saturated rings. The van der Waals surface area contributed by atoms with E-state index in [0.29, 0.717) is 5.82 Å². The number of halogens is 2. The summed E-state index contributed by atoms with van der Waals surface area (Å²) in [5.74, 6) is 0.0730. The Morgan fingerprint density at radius 2 is 2.15 bits per heavy atom. The standard InChI is InChI=1S/C13H14ClFN4O/c1-7(2)10-6-11(19-18-10)17-13(20)16-9-5-3-4-8(15)12(9)14/h3-7H,1-2H3,(H3,16,17,18,19,20). The lowest BCUT2D eigenvalue weighted by molar-refractivity contribution is 0.262. The van der Waals surface area contributed by atoms with E-state index >= 15 is 0 Å². The third-order valence-electron chi connectivity index (χ3n) is 2.66. The summed E-state index contributed by atoms with van der Waals surface area (Å²) in [6.07, 6.45) is 0. The van der Waals surface area contributed by atoms with Crippen LogP contribution in [0.2, 0.25) is 5.02 Å². The van der Waals surface area contributed by atoms with Gasteiger partial charge in [0.15, 0.2) is 5.82 Å². The van der Waals surface area contributed by atoms with Gasteiger partial charge < -0.3 is 5.32 Å². The molecular weight excluding hydrogens is 283 g/mol. The lowest BCUT2D eigenvalue weighted by Gasteiger charge is -2.07. The number of carbonyl (C=O) groups is 1. The van der Waals surface area contributed by atoms with E-state index in [9.17, 15) is 9.18 Å². The van der Waals surface area contributed by atoms with Crippen LogP contribution in [-0.4, -0.2) is 16.2 Å². The Hall–Kier alpha value is -2.08. The Balaban J connectivity index is 2.03. The number of aromatic amines is 1. The molecule has 7 heteroatoms. The van der Waals surface area contributed by atoms with E-state index in [2.05, 4.69) is 20.8 Å². The second-order valence-corrected chi connectivity index (χ2v) is 4.92. The van der Waals surface area contributed by atoms with Crippen LogP contribution < -0.4 is 10.6 Å². The van der Waals surface area contributed by atoms with Crippen molar-refractivity contribution in [1.82, 2.24) is 10.2 Å². The molecule has 0 saturated carbocycles. The number of hydrogen-bond acceptors (Lipinski definition) is 2. The van der Waals surface area contributed by atoms with Crippen molar-refractivity contribution in [2.75, 3.05) is 10.6 Å². The quantitative estimate of drug-likeness (QED) is 0.802. The molecule has 2 aromatic rings. The van der Waals surface area contributed by atoms with Crippen LogP contribution >= 0.6 is 11.6 Å². The highest BCUT2D eigenvalue weighted by molar-refractivity contribution is 6.33. The smallest absolute Gasteiger partial charge is 0.306 e. The number of carbonyl (C=O) groups excluding carboxylic acids is 1. The summed E-state index contributed by atoms with van der Waals surface area (Å²) in [6, 6.07) is 5.38. The first-order chi connectivity index (χ1) is 9.47. The van der Waals surface area contributed by atoms with E-state index < -0.39 is 11.8 Å². The summed E-state index contributed by atoms with van der Waals surface area (Å²) in [4.78, 5) is 11.8. The van der Waals surface area contributed by atoms with Crippen molar-refractivity contribution in [3.63, 3.8) is 0 Å². The van der Waals surface area contributed by atoms with Gasteiger partial charge in [-0.15, -0.1) is 0 Å². The molecular formula is C13H14ClFN4O. The molecule has 0 saturated heterocycles. The summed E-state index contributed by atoms with van der Waals surface area (Å²) < 4.78 is 13.2. The number of aromatic nitrogens is 2. The zero-order valence-electron chi connectivity index (χ0n) is 11.0. The van der Waals surface area contributed by atoms with Crippen LogP contribution in [0.25, 0.3) is 0 Å². The minimum Gasteiger partial charge on any atom is -0.306 e. The number of hydrogen-bond donors (Lipinski definition) is 3. The molecule has 0 bridgehead atoms. The number of nitrogens with one attached hydrogen (secondary N) is 3. The van der Waals surface area contributed by atoms with Crippen molar-refractivity contribution in [2.24, 2.45) is 0 Å². The fraction of sp³-hybridized carbons (Fsp3) is 0.231. The molecule has 0 aliphatic heterocycles. The number of nitrogens with zero attached hydrogens (tertiary/aromatic N) is 1. The summed E-state index contributed by atoms with van der Waals surface area (Å²) in [7, 11) is 0. The van der Waals surface area contributed by atoms with Gasteiger partial charge in [-0.3, -0.25) is 10.4 Å². The Kier molecular flexibility index (Phi) is 4.24. The third-order valence-corrected chi connectivity index (χ3v) is 3.05. The summed E-state index contributed by atoms with van der Waals surface area (Å²) in [5.41, 5.74) is 1.10. The Morgan fingerprint density at radius 1 is 1.40 bits per heavy atom. The number of rotatable bonds is 3. The van der Waals surface area contributed by atoms with Crippen LogP contribution in [0.15, 0.2) is 24.3 Å². The van der Waals surface area contributed by atoms with Gasteiger partial charge >= 0.3 is 6.03 Å². The minimum absolute atomic E-state index is 0.132. The molecule has 0 radical (unpaired) electrons. The second kappa shape index (κ2) is 5.92. The van der Waals surface area contributed by atoms with E-state index in [4.69, 9.17) is 11.6 Å². The van der Waals surface area contributed by atoms with Crippen molar-refractivity contribution >= 4 is 29.1 Å². The molecule has 20 heavy (non-hydrogen) atoms. The number of benzene rings is 1. The molecule has 0 atom stereocenters. The van der Waals surface area contributed by atoms with Gasteiger partial charge in [0.1, 0.15) is 5.82 Å². The maximum absolute atomic E-state index is 13.2. The highest BCUT2D eigenvalue weighted by atomic mass is 35.5. The number of urea groups is 1. The first kappa shape index (κ1) is 14.3. The lowest BCUT2D eigenvalue weighted by Crippen LogP contribution is -2.20. The topological polar surface area (TPSA) is 69.8 Å². The van der Waals surface area contributed by atoms with Gasteiger partial charge in [0.25, 0.3) is 0 Å². The molecule has 1 aromatic carbocycles. The van der Waals surface area contributed by atoms with Crippen LogP contribution in [0, 0.1) is 5.82 Å². The molecule has 3 N–H and O–H groups in total. The third kappa shape index (κ3) is 3.27. The molecule has 0 aliphatic rings. The van der Waals surface area contributed by atoms with E-state index in [1.165, 1.54) is 18.2 Å². The zero-order valence-corrected chi connectivity index (χ0v) is 11.8. The van der Waals surface area contributed by atoms with Crippen molar-refractivity contribution < 1.29 is 9.18 Å². The molecule has 106 valence electrons. The van der Waals surface area contributed by atoms with Crippen LogP contribution in [0.3, 0.4) is 0 Å². The Morgan fingerprint density at radius 3 is 2.80 bits per heavy atom. The van der Waals surface area contributed by atoms with Crippen LogP contribution in [0.5, 0.6) is 0 Å². The molecule has 2 rings (SSSR count). The van der Waals surface area contributed by atoms with Crippen molar-refractivity contribution in [2.45, 2.75) is 19.8 Å². The SMILES string of the molecule is CC(C)c1cc(NC(=O)Nc2cccc(F)c2Cl)n[nH]1. The molecule has 0 spiro atoms. The molecule has 2 amide bonds. The van der Waals surface area contributed by atoms with Gasteiger partial charge in [0.2, 0.25) is 0 Å². The van der Waals surface area contributed by atoms with E-state index in [0.717, 1.165) is 5.69 Å². The molecule has 1 heterocycles. The van der Waals surface area contributed by atoms with E-state index in [1.54, 1.807) is 6.07 Å². The van der Waals surface area contributed by atoms with Crippen molar-refractivity contribution in [3.05, 3.63) is 40.8 Å². The first-order valence-electron chi connectivity index (χ1n) is 6.04. The normalized spacial score (nSPS) is 10.7. The van der Waals surface area contributed by atoms with Crippen LogP contribution in [0.1, 0.15) is 25.5 Å². The molecule has 0 unspecified atom stereocenters. The van der Waals surface area contributed by atoms with E-state index in [-0.39, 0.29) is 16.6 Å². The van der Waals surface area contributed by atoms with E-state index in [1.807, 2.05) is 13.8 Å². The van der Waals surface area contributed by atoms with Crippen LogP contribution in [-0.2, 0) is 0 Å². The Labute approximate surface area is 120 Å². The van der Waals surface area contributed by atoms with Gasteiger partial charge in [0, 0.05) is 11.8 Å². The maximum atomic E-state index is 13.2. The minimum atomic E-state index is -0.591. The number of H-pyrrole nitrogens is 1. The average molecular weight is 297 g/mol. The fourth-order valence-electron chi connectivity index (χ4n) is 1.57. The number of amides is 2. The Bertz CT molecular complexity index is 627. The molecule has 1 aromatic heterocycles. The summed E-state index contributed by atoms with van der Waals surface area (Å²) >= 11 is 5.75. The van der Waals surface area contributed by atoms with Crippen LogP contribution in [0.4, 0.5) is 20.7 Å². The van der Waals surface area contributed by atoms with Gasteiger partial charge in [-0.2, -0.15) is 5.10 Å². The summed E-state index contributed by atoms with van der Waals surface area (Å²) in [6.45, 7) is 4.01. The van der Waals surface area contributed by atoms with Gasteiger partial charge in [-0.1, -0.05) is 31.5 Å². The zero-order chi connectivity index (χ0) is 14.7. The first-order valence-corrected chi connectivity index (χ1v) is 6.42. The predicted molar refractivity (Wildman–Crippen MR) is 76.7 cm³/mol. The monoisotopic (exact) mass is 296 g/mol. The average Bonchev–Trinajstić information content (AvgIpc) is 2.83. The van der Waals surface area contributed by atoms with Gasteiger partial charge in [-0.25, -0.2) is 9.18 Å². The lowest BCUT2D eigenvalue weighted by atomic mass is 10.1. The number of anilines is 2. The van der Waals surface area contributed by atoms with Gasteiger partial charge in [-0.05, 0) is 18.1 Å². The molecule has 5 nitrogen and oxygen atoms in total.